The second-order valence-electron chi connectivity index (χ2n) is 4.39. The standard InChI is InChI=1S/C13H15F2NO4S/c1-19-9-3-2-7(6-10(9)20-13(14)15)11-16-8(12(17)18)4-5-21-11/h2-3,6,8,11,13,16H,4-5H2,1H3,(H,17,18). The van der Waals surface area contributed by atoms with Gasteiger partial charge in [-0.05, 0) is 29.9 Å². The van der Waals surface area contributed by atoms with E-state index < -0.39 is 18.6 Å². The van der Waals surface area contributed by atoms with Crippen molar-refractivity contribution in [2.45, 2.75) is 24.4 Å². The Hall–Kier alpha value is -1.54. The summed E-state index contributed by atoms with van der Waals surface area (Å²) in [6.45, 7) is -2.95. The van der Waals surface area contributed by atoms with E-state index >= 15 is 0 Å². The second-order valence-corrected chi connectivity index (χ2v) is 5.60. The van der Waals surface area contributed by atoms with Crippen molar-refractivity contribution in [2.75, 3.05) is 12.9 Å². The minimum absolute atomic E-state index is 0.0650. The van der Waals surface area contributed by atoms with Gasteiger partial charge >= 0.3 is 12.6 Å². The Morgan fingerprint density at radius 2 is 2.24 bits per heavy atom. The maximum atomic E-state index is 12.4. The molecule has 1 aliphatic rings. The normalized spacial score (nSPS) is 22.1. The average Bonchev–Trinajstić information content (AvgIpc) is 2.46. The molecule has 0 spiro atoms. The molecule has 2 rings (SSSR count). The first kappa shape index (κ1) is 15.8. The molecule has 1 saturated heterocycles. The summed E-state index contributed by atoms with van der Waals surface area (Å²) < 4.78 is 34.2. The lowest BCUT2D eigenvalue weighted by atomic mass is 10.1. The van der Waals surface area contributed by atoms with Gasteiger partial charge in [0.25, 0.3) is 0 Å². The molecule has 2 N–H and O–H groups in total. The van der Waals surface area contributed by atoms with Gasteiger partial charge in [0.05, 0.1) is 12.5 Å². The number of aliphatic carboxylic acids is 1. The number of halogens is 2. The fourth-order valence-electron chi connectivity index (χ4n) is 2.05. The summed E-state index contributed by atoms with van der Waals surface area (Å²) in [4.78, 5) is 11.0. The van der Waals surface area contributed by atoms with Crippen molar-refractivity contribution in [3.8, 4) is 11.5 Å². The van der Waals surface area contributed by atoms with Crippen LogP contribution in [0.15, 0.2) is 18.2 Å². The summed E-state index contributed by atoms with van der Waals surface area (Å²) in [6.07, 6.45) is 0.521. The lowest BCUT2D eigenvalue weighted by Crippen LogP contribution is -2.41. The van der Waals surface area contributed by atoms with Gasteiger partial charge in [-0.15, -0.1) is 11.8 Å². The highest BCUT2D eigenvalue weighted by molar-refractivity contribution is 7.99. The second kappa shape index (κ2) is 6.95. The first-order chi connectivity index (χ1) is 10.0. The summed E-state index contributed by atoms with van der Waals surface area (Å²) in [7, 11) is 1.36. The fourth-order valence-corrected chi connectivity index (χ4v) is 3.26. The van der Waals surface area contributed by atoms with Crippen LogP contribution in [0.2, 0.25) is 0 Å². The van der Waals surface area contributed by atoms with Crippen LogP contribution in [-0.4, -0.2) is 36.6 Å². The SMILES string of the molecule is COc1ccc(C2NC(C(=O)O)CCS2)cc1OC(F)F. The Bertz CT molecular complexity index is 515. The van der Waals surface area contributed by atoms with Crippen molar-refractivity contribution in [3.05, 3.63) is 23.8 Å². The van der Waals surface area contributed by atoms with Gasteiger partial charge in [0, 0.05) is 0 Å². The van der Waals surface area contributed by atoms with Crippen LogP contribution in [0.3, 0.4) is 0 Å². The number of ether oxygens (including phenoxy) is 2. The number of carboxylic acids is 1. The molecule has 0 radical (unpaired) electrons. The van der Waals surface area contributed by atoms with Gasteiger partial charge < -0.3 is 14.6 Å². The van der Waals surface area contributed by atoms with Gasteiger partial charge in [-0.1, -0.05) is 6.07 Å². The number of carboxylic acid groups (broad SMARTS) is 1. The van der Waals surface area contributed by atoms with Crippen LogP contribution < -0.4 is 14.8 Å². The third-order valence-corrected chi connectivity index (χ3v) is 4.26. The highest BCUT2D eigenvalue weighted by atomic mass is 32.2. The van der Waals surface area contributed by atoms with Crippen molar-refractivity contribution < 1.29 is 28.2 Å². The van der Waals surface area contributed by atoms with Gasteiger partial charge in [0.1, 0.15) is 6.04 Å². The highest BCUT2D eigenvalue weighted by Gasteiger charge is 2.28. The van der Waals surface area contributed by atoms with Crippen molar-refractivity contribution in [1.82, 2.24) is 5.32 Å². The molecular weight excluding hydrogens is 304 g/mol. The van der Waals surface area contributed by atoms with E-state index in [0.29, 0.717) is 17.7 Å². The van der Waals surface area contributed by atoms with E-state index in [1.54, 1.807) is 6.07 Å². The smallest absolute Gasteiger partial charge is 0.387 e. The summed E-state index contributed by atoms with van der Waals surface area (Å²) in [5, 5.41) is 11.7. The third-order valence-electron chi connectivity index (χ3n) is 3.05. The first-order valence-corrected chi connectivity index (χ1v) is 7.29. The Balaban J connectivity index is 2.21. The van der Waals surface area contributed by atoms with E-state index in [-0.39, 0.29) is 16.9 Å². The highest BCUT2D eigenvalue weighted by Crippen LogP contribution is 2.37. The molecule has 21 heavy (non-hydrogen) atoms. The van der Waals surface area contributed by atoms with Crippen LogP contribution >= 0.6 is 11.8 Å². The molecule has 1 aromatic rings. The topological polar surface area (TPSA) is 67.8 Å². The number of thioether (sulfide) groups is 1. The summed E-state index contributed by atoms with van der Waals surface area (Å²) in [5.41, 5.74) is 0.669. The monoisotopic (exact) mass is 319 g/mol. The summed E-state index contributed by atoms with van der Waals surface area (Å²) in [5.74, 6) is -0.108. The predicted molar refractivity (Wildman–Crippen MR) is 74.0 cm³/mol. The van der Waals surface area contributed by atoms with E-state index in [4.69, 9.17) is 9.84 Å². The Morgan fingerprint density at radius 1 is 1.48 bits per heavy atom. The number of hydrogen-bond acceptors (Lipinski definition) is 5. The van der Waals surface area contributed by atoms with Crippen molar-refractivity contribution in [1.29, 1.82) is 0 Å². The number of nitrogens with one attached hydrogen (secondary N) is 1. The largest absolute Gasteiger partial charge is 0.493 e. The molecule has 1 heterocycles. The molecule has 1 aromatic carbocycles. The molecule has 0 saturated carbocycles. The van der Waals surface area contributed by atoms with Crippen LogP contribution in [0, 0.1) is 0 Å². The Labute approximate surface area is 124 Å². The van der Waals surface area contributed by atoms with Gasteiger partial charge in [0.2, 0.25) is 0 Å². The van der Waals surface area contributed by atoms with E-state index in [1.807, 2.05) is 0 Å². The molecule has 8 heteroatoms. The Kier molecular flexibility index (Phi) is 5.24. The third kappa shape index (κ3) is 3.98. The van der Waals surface area contributed by atoms with Crippen LogP contribution in [0.25, 0.3) is 0 Å². The molecule has 2 atom stereocenters. The first-order valence-electron chi connectivity index (χ1n) is 6.24. The maximum absolute atomic E-state index is 12.4. The number of carbonyl (C=O) groups is 1. The lowest BCUT2D eigenvalue weighted by Gasteiger charge is -2.28. The number of methoxy groups -OCH3 is 1. The van der Waals surface area contributed by atoms with E-state index in [2.05, 4.69) is 10.1 Å². The molecule has 1 aliphatic heterocycles. The predicted octanol–water partition coefficient (Wildman–Crippen LogP) is 2.47. The lowest BCUT2D eigenvalue weighted by molar-refractivity contribution is -0.139. The molecule has 0 aliphatic carbocycles. The number of hydrogen-bond donors (Lipinski definition) is 2. The van der Waals surface area contributed by atoms with Gasteiger partial charge in [-0.3, -0.25) is 10.1 Å². The zero-order valence-electron chi connectivity index (χ0n) is 11.2. The van der Waals surface area contributed by atoms with Gasteiger partial charge in [-0.25, -0.2) is 0 Å². The Morgan fingerprint density at radius 3 is 2.86 bits per heavy atom. The molecule has 5 nitrogen and oxygen atoms in total. The summed E-state index contributed by atoms with van der Waals surface area (Å²) >= 11 is 1.52. The van der Waals surface area contributed by atoms with Gasteiger partial charge in [0.15, 0.2) is 11.5 Å². The minimum atomic E-state index is -2.95. The maximum Gasteiger partial charge on any atom is 0.387 e. The van der Waals surface area contributed by atoms with E-state index in [1.165, 1.54) is 31.0 Å². The van der Waals surface area contributed by atoms with Crippen molar-refractivity contribution in [3.63, 3.8) is 0 Å². The fraction of sp³-hybridized carbons (Fsp3) is 0.462. The zero-order valence-corrected chi connectivity index (χ0v) is 12.0. The molecule has 1 fully saturated rings. The molecule has 0 amide bonds. The zero-order chi connectivity index (χ0) is 15.4. The molecular formula is C13H15F2NO4S. The van der Waals surface area contributed by atoms with E-state index in [9.17, 15) is 13.6 Å². The van der Waals surface area contributed by atoms with E-state index in [0.717, 1.165) is 0 Å². The quantitative estimate of drug-likeness (QED) is 0.869. The number of benzene rings is 1. The van der Waals surface area contributed by atoms with Gasteiger partial charge in [-0.2, -0.15) is 8.78 Å². The molecule has 0 bridgehead atoms. The molecule has 2 unspecified atom stereocenters. The number of rotatable bonds is 5. The van der Waals surface area contributed by atoms with Crippen LogP contribution in [0.1, 0.15) is 17.4 Å². The van der Waals surface area contributed by atoms with Crippen LogP contribution in [-0.2, 0) is 4.79 Å². The van der Waals surface area contributed by atoms with Crippen molar-refractivity contribution in [2.24, 2.45) is 0 Å². The van der Waals surface area contributed by atoms with Crippen LogP contribution in [0.5, 0.6) is 11.5 Å². The van der Waals surface area contributed by atoms with Crippen LogP contribution in [0.4, 0.5) is 8.78 Å². The average molecular weight is 319 g/mol. The molecule has 116 valence electrons. The number of alkyl halides is 2. The molecule has 0 aromatic heterocycles. The summed E-state index contributed by atoms with van der Waals surface area (Å²) in [6, 6.07) is 4.03. The minimum Gasteiger partial charge on any atom is -0.493 e. The van der Waals surface area contributed by atoms with Crippen molar-refractivity contribution >= 4 is 17.7 Å².